The molecule has 5 aromatic rings. The number of imidazole rings is 1. The van der Waals surface area contributed by atoms with Crippen molar-refractivity contribution in [1.29, 1.82) is 5.26 Å². The Morgan fingerprint density at radius 3 is 2.63 bits per heavy atom. The first-order chi connectivity index (χ1) is 17.0. The van der Waals surface area contributed by atoms with Gasteiger partial charge in [-0.2, -0.15) is 20.3 Å². The van der Waals surface area contributed by atoms with Crippen molar-refractivity contribution in [3.8, 4) is 34.7 Å². The van der Waals surface area contributed by atoms with Gasteiger partial charge in [-0.25, -0.2) is 19.9 Å². The Morgan fingerprint density at radius 1 is 1.09 bits per heavy atom. The van der Waals surface area contributed by atoms with E-state index in [0.717, 1.165) is 11.3 Å². The zero-order valence-corrected chi connectivity index (χ0v) is 18.5. The third kappa shape index (κ3) is 4.25. The molecule has 0 saturated heterocycles. The highest BCUT2D eigenvalue weighted by Gasteiger charge is 2.20. The fraction of sp³-hybridized carbons (Fsp3) is 0.130. The maximum Gasteiger partial charge on any atom is 0.302 e. The number of anilines is 1. The first-order valence-corrected chi connectivity index (χ1v) is 10.5. The number of benzene rings is 1. The molecule has 35 heavy (non-hydrogen) atoms. The maximum absolute atomic E-state index is 11.1. The summed E-state index contributed by atoms with van der Waals surface area (Å²) in [6.45, 7) is 1.58. The number of hydrogen-bond donors (Lipinski definition) is 1. The van der Waals surface area contributed by atoms with E-state index >= 15 is 0 Å². The summed E-state index contributed by atoms with van der Waals surface area (Å²) >= 11 is 0. The molecule has 2 N–H and O–H groups in total. The monoisotopic (exact) mass is 466 g/mol. The van der Waals surface area contributed by atoms with Crippen molar-refractivity contribution >= 4 is 23.0 Å². The lowest BCUT2D eigenvalue weighted by Gasteiger charge is -2.11. The number of fused-ring (bicyclic) bond motifs is 1. The van der Waals surface area contributed by atoms with E-state index in [4.69, 9.17) is 25.7 Å². The molecule has 0 aliphatic heterocycles. The molecule has 0 atom stereocenters. The largest absolute Gasteiger partial charge is 0.461 e. The molecule has 4 heterocycles. The highest BCUT2D eigenvalue weighted by atomic mass is 16.5. The second-order valence-electron chi connectivity index (χ2n) is 7.47. The summed E-state index contributed by atoms with van der Waals surface area (Å²) < 4.78 is 6.91. The molecule has 172 valence electrons. The van der Waals surface area contributed by atoms with Crippen LogP contribution in [0.4, 0.5) is 5.82 Å². The van der Waals surface area contributed by atoms with E-state index in [2.05, 4.69) is 20.2 Å². The van der Waals surface area contributed by atoms with E-state index in [1.54, 1.807) is 18.5 Å². The van der Waals surface area contributed by atoms with Crippen LogP contribution >= 0.6 is 0 Å². The average molecular weight is 466 g/mol. The van der Waals surface area contributed by atoms with Gasteiger partial charge in [-0.15, -0.1) is 0 Å². The third-order valence-corrected chi connectivity index (χ3v) is 5.09. The van der Waals surface area contributed by atoms with Crippen LogP contribution in [0.15, 0.2) is 55.0 Å². The third-order valence-electron chi connectivity index (χ3n) is 5.09. The molecule has 0 bridgehead atoms. The number of aromatic nitrogens is 8. The Hall–Kier alpha value is -5.18. The van der Waals surface area contributed by atoms with Gasteiger partial charge in [-0.05, 0) is 29.8 Å². The van der Waals surface area contributed by atoms with Crippen LogP contribution in [-0.4, -0.2) is 45.5 Å². The number of hydrogen-bond acceptors (Lipinski definition) is 10. The summed E-state index contributed by atoms with van der Waals surface area (Å²) in [4.78, 5) is 30.5. The smallest absolute Gasteiger partial charge is 0.302 e. The average Bonchev–Trinajstić information content (AvgIpc) is 3.48. The number of nitrogen functional groups attached to an aromatic ring is 1. The van der Waals surface area contributed by atoms with Crippen LogP contribution < -0.4 is 5.73 Å². The molecule has 0 saturated carbocycles. The number of nitriles is 1. The van der Waals surface area contributed by atoms with Crippen molar-refractivity contribution in [1.82, 2.24) is 39.5 Å². The quantitative estimate of drug-likeness (QED) is 0.367. The van der Waals surface area contributed by atoms with Crippen LogP contribution in [0.2, 0.25) is 0 Å². The summed E-state index contributed by atoms with van der Waals surface area (Å²) in [5.74, 6) is 0.352. The Balaban J connectivity index is 1.66. The van der Waals surface area contributed by atoms with Crippen molar-refractivity contribution in [2.75, 3.05) is 5.73 Å². The second kappa shape index (κ2) is 8.99. The van der Waals surface area contributed by atoms with Crippen molar-refractivity contribution in [3.05, 3.63) is 60.6 Å². The van der Waals surface area contributed by atoms with Gasteiger partial charge in [0.1, 0.15) is 30.1 Å². The van der Waals surface area contributed by atoms with Crippen LogP contribution in [0.1, 0.15) is 12.5 Å². The summed E-state index contributed by atoms with van der Waals surface area (Å²) in [6, 6.07) is 13.1. The molecular formula is C23H18N10O2. The van der Waals surface area contributed by atoms with Crippen LogP contribution in [0, 0.1) is 11.3 Å². The molecule has 0 amide bonds. The molecule has 4 aromatic heterocycles. The van der Waals surface area contributed by atoms with E-state index in [0.29, 0.717) is 34.1 Å². The number of ether oxygens (including phenoxy) is 1. The molecule has 5 rings (SSSR count). The summed E-state index contributed by atoms with van der Waals surface area (Å²) in [7, 11) is 0. The summed E-state index contributed by atoms with van der Waals surface area (Å²) in [5.41, 5.74) is 10.4. The molecule has 0 spiro atoms. The van der Waals surface area contributed by atoms with Crippen LogP contribution in [-0.2, 0) is 22.7 Å². The van der Waals surface area contributed by atoms with Crippen LogP contribution in [0.3, 0.4) is 0 Å². The van der Waals surface area contributed by atoms with Crippen molar-refractivity contribution in [2.24, 2.45) is 0 Å². The number of nitrogens with two attached hydrogens (primary N) is 1. The van der Waals surface area contributed by atoms with Gasteiger partial charge in [0.25, 0.3) is 0 Å². The van der Waals surface area contributed by atoms with Crippen molar-refractivity contribution in [3.63, 3.8) is 0 Å². The van der Waals surface area contributed by atoms with Gasteiger partial charge in [0.05, 0.1) is 18.0 Å². The van der Waals surface area contributed by atoms with E-state index in [-0.39, 0.29) is 24.9 Å². The van der Waals surface area contributed by atoms with Gasteiger partial charge in [0.15, 0.2) is 17.3 Å². The minimum atomic E-state index is -0.349. The van der Waals surface area contributed by atoms with E-state index in [1.165, 1.54) is 17.9 Å². The first kappa shape index (κ1) is 21.7. The Morgan fingerprint density at radius 2 is 1.89 bits per heavy atom. The summed E-state index contributed by atoms with van der Waals surface area (Å²) in [6.07, 6.45) is 4.61. The molecule has 0 aliphatic carbocycles. The van der Waals surface area contributed by atoms with E-state index in [9.17, 15) is 4.79 Å². The SMILES string of the molecule is CC(=O)OCc1ccc(-n2c(-c3nccnc3N)nc3ccc(-c4cnn(CC#N)n4)nc32)cc1. The molecule has 0 fully saturated rings. The molecule has 0 radical (unpaired) electrons. The van der Waals surface area contributed by atoms with Gasteiger partial charge >= 0.3 is 5.97 Å². The predicted octanol–water partition coefficient (Wildman–Crippen LogP) is 2.30. The lowest BCUT2D eigenvalue weighted by atomic mass is 10.2. The molecule has 1 aromatic carbocycles. The fourth-order valence-corrected chi connectivity index (χ4v) is 3.50. The van der Waals surface area contributed by atoms with Gasteiger partial charge in [0, 0.05) is 25.0 Å². The normalized spacial score (nSPS) is 10.9. The molecule has 12 nitrogen and oxygen atoms in total. The van der Waals surface area contributed by atoms with E-state index < -0.39 is 0 Å². The van der Waals surface area contributed by atoms with Crippen molar-refractivity contribution in [2.45, 2.75) is 20.1 Å². The fourth-order valence-electron chi connectivity index (χ4n) is 3.50. The minimum absolute atomic E-state index is 0.0377. The number of esters is 1. The lowest BCUT2D eigenvalue weighted by Crippen LogP contribution is -2.04. The standard InChI is InChI=1S/C23H18N10O2/c1-14(34)35-13-15-2-4-16(5-3-15)33-22-18(30-23(33)20-21(25)27-10-9-26-20)7-6-17(29-22)19-12-28-32(31-19)11-8-24/h2-7,9-10,12H,11,13H2,1H3,(H2,25,27). The van der Waals surface area contributed by atoms with Crippen molar-refractivity contribution < 1.29 is 9.53 Å². The number of rotatable bonds is 6. The molecule has 12 heteroatoms. The predicted molar refractivity (Wildman–Crippen MR) is 124 cm³/mol. The zero-order chi connectivity index (χ0) is 24.4. The number of carbonyl (C=O) groups is 1. The maximum atomic E-state index is 11.1. The number of pyridine rings is 1. The van der Waals surface area contributed by atoms with Crippen LogP contribution in [0.25, 0.3) is 39.8 Å². The van der Waals surface area contributed by atoms with Gasteiger partial charge in [0.2, 0.25) is 0 Å². The molecule has 0 unspecified atom stereocenters. The topological polar surface area (TPSA) is 163 Å². The Labute approximate surface area is 198 Å². The van der Waals surface area contributed by atoms with E-state index in [1.807, 2.05) is 41.0 Å². The van der Waals surface area contributed by atoms with Gasteiger partial charge in [-0.3, -0.25) is 9.36 Å². The minimum Gasteiger partial charge on any atom is -0.461 e. The highest BCUT2D eigenvalue weighted by Crippen LogP contribution is 2.30. The lowest BCUT2D eigenvalue weighted by molar-refractivity contribution is -0.142. The zero-order valence-electron chi connectivity index (χ0n) is 18.5. The first-order valence-electron chi connectivity index (χ1n) is 10.5. The van der Waals surface area contributed by atoms with Gasteiger partial charge < -0.3 is 10.5 Å². The summed E-state index contributed by atoms with van der Waals surface area (Å²) in [5, 5.41) is 17.3. The second-order valence-corrected chi connectivity index (χ2v) is 7.47. The molecule has 0 aliphatic rings. The Bertz CT molecular complexity index is 1580. The number of carbonyl (C=O) groups excluding carboxylic acids is 1. The highest BCUT2D eigenvalue weighted by molar-refractivity contribution is 5.83. The van der Waals surface area contributed by atoms with Gasteiger partial charge in [-0.1, -0.05) is 12.1 Å². The number of nitrogens with zero attached hydrogens (tertiary/aromatic N) is 9. The Kier molecular flexibility index (Phi) is 5.56. The molecular weight excluding hydrogens is 448 g/mol. The van der Waals surface area contributed by atoms with Crippen LogP contribution in [0.5, 0.6) is 0 Å².